The van der Waals surface area contributed by atoms with Crippen LogP contribution >= 0.6 is 0 Å². The molecule has 4 nitrogen and oxygen atoms in total. The van der Waals surface area contributed by atoms with Gasteiger partial charge in [-0.25, -0.2) is 0 Å². The highest BCUT2D eigenvalue weighted by molar-refractivity contribution is 5.92. The van der Waals surface area contributed by atoms with Gasteiger partial charge in [-0.2, -0.15) is 0 Å². The van der Waals surface area contributed by atoms with Crippen LogP contribution in [0.2, 0.25) is 0 Å². The van der Waals surface area contributed by atoms with Gasteiger partial charge in [0.15, 0.2) is 5.76 Å². The Balaban J connectivity index is 1.84. The highest BCUT2D eigenvalue weighted by Crippen LogP contribution is 2.29. The molecule has 1 aromatic heterocycles. The first kappa shape index (κ1) is 14.7. The van der Waals surface area contributed by atoms with Crippen molar-refractivity contribution in [1.82, 2.24) is 4.90 Å². The Kier molecular flexibility index (Phi) is 3.92. The van der Waals surface area contributed by atoms with Gasteiger partial charge < -0.3 is 15.1 Å². The largest absolute Gasteiger partial charge is 0.451 e. The van der Waals surface area contributed by atoms with Crippen molar-refractivity contribution >= 4 is 11.6 Å². The number of amides is 1. The number of furan rings is 1. The van der Waals surface area contributed by atoms with Crippen LogP contribution in [0.5, 0.6) is 0 Å². The van der Waals surface area contributed by atoms with Gasteiger partial charge in [-0.15, -0.1) is 0 Å². The van der Waals surface area contributed by atoms with Crippen molar-refractivity contribution in [2.45, 2.75) is 26.7 Å². The molecule has 1 atom stereocenters. The lowest BCUT2D eigenvalue weighted by molar-refractivity contribution is 0.0652. The van der Waals surface area contributed by atoms with Crippen LogP contribution in [0.4, 0.5) is 5.69 Å². The molecule has 0 bridgehead atoms. The lowest BCUT2D eigenvalue weighted by atomic mass is 10.0. The second-order valence-corrected chi connectivity index (χ2v) is 6.18. The second kappa shape index (κ2) is 5.87. The van der Waals surface area contributed by atoms with E-state index < -0.39 is 0 Å². The van der Waals surface area contributed by atoms with Gasteiger partial charge in [0.2, 0.25) is 0 Å². The van der Waals surface area contributed by atoms with Crippen molar-refractivity contribution in [3.8, 4) is 11.3 Å². The molecule has 4 heteroatoms. The molecular formula is C18H22N2O2. The quantitative estimate of drug-likeness (QED) is 0.860. The summed E-state index contributed by atoms with van der Waals surface area (Å²) >= 11 is 0. The maximum atomic E-state index is 12.5. The summed E-state index contributed by atoms with van der Waals surface area (Å²) in [7, 11) is 0. The molecule has 1 saturated heterocycles. The molecule has 2 N–H and O–H groups in total. The number of anilines is 1. The molecule has 0 aliphatic carbocycles. The first-order valence-electron chi connectivity index (χ1n) is 7.81. The van der Waals surface area contributed by atoms with Gasteiger partial charge in [-0.1, -0.05) is 19.1 Å². The minimum absolute atomic E-state index is 0.0145. The Labute approximate surface area is 130 Å². The summed E-state index contributed by atoms with van der Waals surface area (Å²) in [5, 5.41) is 0. The summed E-state index contributed by atoms with van der Waals surface area (Å²) in [6, 6.07) is 9.33. The monoisotopic (exact) mass is 298 g/mol. The number of likely N-dealkylation sites (tertiary alicyclic amines) is 1. The molecule has 22 heavy (non-hydrogen) atoms. The first-order valence-corrected chi connectivity index (χ1v) is 7.81. The van der Waals surface area contributed by atoms with Crippen molar-refractivity contribution < 1.29 is 9.21 Å². The zero-order chi connectivity index (χ0) is 15.7. The number of nitrogens with zero attached hydrogens (tertiary/aromatic N) is 1. The van der Waals surface area contributed by atoms with Crippen LogP contribution < -0.4 is 5.73 Å². The molecule has 3 rings (SSSR count). The summed E-state index contributed by atoms with van der Waals surface area (Å²) in [4.78, 5) is 14.4. The molecule has 1 aromatic carbocycles. The van der Waals surface area contributed by atoms with Crippen molar-refractivity contribution in [2.75, 3.05) is 18.8 Å². The zero-order valence-electron chi connectivity index (χ0n) is 13.1. The average Bonchev–Trinajstić information content (AvgIpc) is 2.99. The second-order valence-electron chi connectivity index (χ2n) is 6.18. The number of carbonyl (C=O) groups is 1. The van der Waals surface area contributed by atoms with E-state index in [9.17, 15) is 4.79 Å². The van der Waals surface area contributed by atoms with Gasteiger partial charge in [0.05, 0.1) is 0 Å². The SMILES string of the molecule is Cc1c(N)cccc1-c1ccc(C(=O)N2CCC[C@H](C)C2)o1. The molecule has 0 radical (unpaired) electrons. The number of carbonyl (C=O) groups excluding carboxylic acids is 1. The molecule has 1 fully saturated rings. The third-order valence-corrected chi connectivity index (χ3v) is 4.40. The van der Waals surface area contributed by atoms with Crippen LogP contribution in [0, 0.1) is 12.8 Å². The summed E-state index contributed by atoms with van der Waals surface area (Å²) in [6.45, 7) is 5.77. The summed E-state index contributed by atoms with van der Waals surface area (Å²) < 4.78 is 5.81. The van der Waals surface area contributed by atoms with Gasteiger partial charge in [-0.05, 0) is 49.4 Å². The van der Waals surface area contributed by atoms with E-state index in [-0.39, 0.29) is 5.91 Å². The Morgan fingerprint density at radius 3 is 2.91 bits per heavy atom. The van der Waals surface area contributed by atoms with Crippen LogP contribution in [0.25, 0.3) is 11.3 Å². The predicted octanol–water partition coefficient (Wildman–Crippen LogP) is 3.71. The fourth-order valence-electron chi connectivity index (χ4n) is 3.05. The number of hydrogen-bond donors (Lipinski definition) is 1. The van der Waals surface area contributed by atoms with Gasteiger partial charge >= 0.3 is 0 Å². The predicted molar refractivity (Wildman–Crippen MR) is 87.6 cm³/mol. The molecule has 1 aliphatic heterocycles. The molecule has 0 unspecified atom stereocenters. The number of rotatable bonds is 2. The zero-order valence-corrected chi connectivity index (χ0v) is 13.1. The van der Waals surface area contributed by atoms with Crippen molar-refractivity contribution in [3.63, 3.8) is 0 Å². The van der Waals surface area contributed by atoms with E-state index in [1.807, 2.05) is 36.1 Å². The standard InChI is InChI=1S/C18H22N2O2/c1-12-5-4-10-20(11-12)18(21)17-9-8-16(22-17)14-6-3-7-15(19)13(14)2/h3,6-9,12H,4-5,10-11,19H2,1-2H3/t12-/m0/s1. The normalized spacial score (nSPS) is 18.5. The Bertz CT molecular complexity index is 690. The maximum absolute atomic E-state index is 12.5. The highest BCUT2D eigenvalue weighted by atomic mass is 16.4. The smallest absolute Gasteiger partial charge is 0.289 e. The van der Waals surface area contributed by atoms with Crippen LogP contribution in [-0.4, -0.2) is 23.9 Å². The Morgan fingerprint density at radius 1 is 1.32 bits per heavy atom. The first-order chi connectivity index (χ1) is 10.6. The molecule has 116 valence electrons. The molecule has 2 aromatic rings. The summed E-state index contributed by atoms with van der Waals surface area (Å²) in [5.74, 6) is 1.65. The van der Waals surface area contributed by atoms with Crippen molar-refractivity contribution in [2.24, 2.45) is 5.92 Å². The lowest BCUT2D eigenvalue weighted by Crippen LogP contribution is -2.38. The summed E-state index contributed by atoms with van der Waals surface area (Å²) in [6.07, 6.45) is 2.25. The number of hydrogen-bond acceptors (Lipinski definition) is 3. The van der Waals surface area contributed by atoms with Crippen molar-refractivity contribution in [1.29, 1.82) is 0 Å². The van der Waals surface area contributed by atoms with E-state index in [0.717, 1.165) is 36.3 Å². The Morgan fingerprint density at radius 2 is 2.14 bits per heavy atom. The third-order valence-electron chi connectivity index (χ3n) is 4.40. The van der Waals surface area contributed by atoms with E-state index in [4.69, 9.17) is 10.2 Å². The molecule has 0 saturated carbocycles. The van der Waals surface area contributed by atoms with E-state index >= 15 is 0 Å². The number of nitrogen functional groups attached to an aromatic ring is 1. The Hall–Kier alpha value is -2.23. The number of piperidine rings is 1. The topological polar surface area (TPSA) is 59.5 Å². The maximum Gasteiger partial charge on any atom is 0.289 e. The molecule has 0 spiro atoms. The van der Waals surface area contributed by atoms with Gasteiger partial charge in [0, 0.05) is 24.3 Å². The summed E-state index contributed by atoms with van der Waals surface area (Å²) in [5.41, 5.74) is 8.58. The minimum Gasteiger partial charge on any atom is -0.451 e. The molecular weight excluding hydrogens is 276 g/mol. The van der Waals surface area contributed by atoms with E-state index in [0.29, 0.717) is 17.4 Å². The molecule has 1 amide bonds. The number of benzene rings is 1. The fourth-order valence-corrected chi connectivity index (χ4v) is 3.05. The van der Waals surface area contributed by atoms with Crippen molar-refractivity contribution in [3.05, 3.63) is 41.7 Å². The van der Waals surface area contributed by atoms with Gasteiger partial charge in [-0.3, -0.25) is 4.79 Å². The lowest BCUT2D eigenvalue weighted by Gasteiger charge is -2.30. The van der Waals surface area contributed by atoms with Gasteiger partial charge in [0.1, 0.15) is 5.76 Å². The van der Waals surface area contributed by atoms with Crippen LogP contribution in [-0.2, 0) is 0 Å². The fraction of sp³-hybridized carbons (Fsp3) is 0.389. The highest BCUT2D eigenvalue weighted by Gasteiger charge is 2.24. The minimum atomic E-state index is -0.0145. The van der Waals surface area contributed by atoms with Crippen LogP contribution in [0.1, 0.15) is 35.9 Å². The van der Waals surface area contributed by atoms with E-state index in [2.05, 4.69) is 6.92 Å². The van der Waals surface area contributed by atoms with E-state index in [1.165, 1.54) is 6.42 Å². The number of nitrogens with two attached hydrogens (primary N) is 1. The van der Waals surface area contributed by atoms with Gasteiger partial charge in [0.25, 0.3) is 5.91 Å². The third kappa shape index (κ3) is 2.73. The van der Waals surface area contributed by atoms with E-state index in [1.54, 1.807) is 6.07 Å². The van der Waals surface area contributed by atoms with Crippen LogP contribution in [0.3, 0.4) is 0 Å². The molecule has 2 heterocycles. The molecule has 1 aliphatic rings. The average molecular weight is 298 g/mol. The van der Waals surface area contributed by atoms with Crippen LogP contribution in [0.15, 0.2) is 34.7 Å².